The fourth-order valence-electron chi connectivity index (χ4n) is 1.00. The first-order valence-corrected chi connectivity index (χ1v) is 4.44. The summed E-state index contributed by atoms with van der Waals surface area (Å²) < 4.78 is 1.05. The Morgan fingerprint density at radius 1 is 1.27 bits per heavy atom. The molecule has 60 valence electrons. The minimum absolute atomic E-state index is 0.850. The molecule has 0 atom stereocenters. The Bertz CT molecular complexity index is 271. The average molecular weight is 215 g/mol. The minimum atomic E-state index is 0.850. The zero-order chi connectivity index (χ0) is 8.43. The molecule has 1 aromatic heterocycles. The first-order valence-electron chi connectivity index (χ1n) is 3.64. The van der Waals surface area contributed by atoms with Gasteiger partial charge in [0.25, 0.3) is 0 Å². The molecule has 0 amide bonds. The van der Waals surface area contributed by atoms with E-state index in [0.29, 0.717) is 0 Å². The van der Waals surface area contributed by atoms with Crippen molar-refractivity contribution in [3.8, 4) is 0 Å². The summed E-state index contributed by atoms with van der Waals surface area (Å²) in [5, 5.41) is 0. The predicted octanol–water partition coefficient (Wildman–Crippen LogP) is 2.42. The smallest absolute Gasteiger partial charge is 0.125 e. The van der Waals surface area contributed by atoms with Gasteiger partial charge in [-0.1, -0.05) is 6.92 Å². The number of nitrogens with zero attached hydrogens (tertiary/aromatic N) is 2. The maximum Gasteiger partial charge on any atom is 0.125 e. The number of aryl methyl sites for hydroxylation is 3. The Labute approximate surface area is 75.2 Å². The quantitative estimate of drug-likeness (QED) is 0.718. The maximum absolute atomic E-state index is 4.29. The summed E-state index contributed by atoms with van der Waals surface area (Å²) in [6.07, 6.45) is 0.949. The van der Waals surface area contributed by atoms with Crippen molar-refractivity contribution in [2.45, 2.75) is 27.2 Å². The van der Waals surface area contributed by atoms with Gasteiger partial charge in [-0.05, 0) is 36.2 Å². The topological polar surface area (TPSA) is 25.8 Å². The van der Waals surface area contributed by atoms with Crippen molar-refractivity contribution in [2.24, 2.45) is 0 Å². The third-order valence-corrected chi connectivity index (χ3v) is 2.56. The highest BCUT2D eigenvalue weighted by atomic mass is 79.9. The van der Waals surface area contributed by atoms with Crippen LogP contribution in [0.2, 0.25) is 0 Å². The summed E-state index contributed by atoms with van der Waals surface area (Å²) in [5.41, 5.74) is 2.12. The average Bonchev–Trinajstić information content (AvgIpc) is 1.96. The van der Waals surface area contributed by atoms with E-state index in [-0.39, 0.29) is 0 Å². The molecule has 1 rings (SSSR count). The SMILES string of the molecule is CCc1nc(C)nc(C)c1Br. The fraction of sp³-hybridized carbons (Fsp3) is 0.500. The molecular weight excluding hydrogens is 204 g/mol. The van der Waals surface area contributed by atoms with Gasteiger partial charge < -0.3 is 0 Å². The van der Waals surface area contributed by atoms with Crippen molar-refractivity contribution >= 4 is 15.9 Å². The summed E-state index contributed by atoms with van der Waals surface area (Å²) in [4.78, 5) is 8.52. The summed E-state index contributed by atoms with van der Waals surface area (Å²) in [6, 6.07) is 0. The Balaban J connectivity index is 3.24. The molecule has 1 heterocycles. The van der Waals surface area contributed by atoms with E-state index in [0.717, 1.165) is 28.1 Å². The van der Waals surface area contributed by atoms with E-state index < -0.39 is 0 Å². The van der Waals surface area contributed by atoms with Crippen molar-refractivity contribution in [1.29, 1.82) is 0 Å². The third-order valence-electron chi connectivity index (χ3n) is 1.53. The highest BCUT2D eigenvalue weighted by Crippen LogP contribution is 2.18. The van der Waals surface area contributed by atoms with Gasteiger partial charge in [0.2, 0.25) is 0 Å². The second-order valence-electron chi connectivity index (χ2n) is 2.47. The monoisotopic (exact) mass is 214 g/mol. The molecule has 0 saturated heterocycles. The Hall–Kier alpha value is -0.440. The molecule has 0 aliphatic carbocycles. The van der Waals surface area contributed by atoms with Crippen molar-refractivity contribution in [1.82, 2.24) is 9.97 Å². The number of halogens is 1. The number of aromatic nitrogens is 2. The van der Waals surface area contributed by atoms with Crippen LogP contribution in [0.1, 0.15) is 24.1 Å². The molecule has 0 radical (unpaired) electrons. The van der Waals surface area contributed by atoms with Crippen LogP contribution in [0.4, 0.5) is 0 Å². The highest BCUT2D eigenvalue weighted by Gasteiger charge is 2.03. The maximum atomic E-state index is 4.29. The highest BCUT2D eigenvalue weighted by molar-refractivity contribution is 9.10. The van der Waals surface area contributed by atoms with E-state index in [1.54, 1.807) is 0 Å². The van der Waals surface area contributed by atoms with Gasteiger partial charge in [-0.3, -0.25) is 0 Å². The molecule has 0 aliphatic rings. The molecule has 11 heavy (non-hydrogen) atoms. The standard InChI is InChI=1S/C8H11BrN2/c1-4-7-8(9)5(2)10-6(3)11-7/h4H2,1-3H3. The van der Waals surface area contributed by atoms with Crippen LogP contribution in [0.15, 0.2) is 4.47 Å². The zero-order valence-electron chi connectivity index (χ0n) is 6.98. The molecule has 0 aliphatic heterocycles. The first-order chi connectivity index (χ1) is 5.15. The van der Waals surface area contributed by atoms with E-state index in [9.17, 15) is 0 Å². The van der Waals surface area contributed by atoms with Gasteiger partial charge in [0.15, 0.2) is 0 Å². The lowest BCUT2D eigenvalue weighted by Gasteiger charge is -2.03. The second-order valence-corrected chi connectivity index (χ2v) is 3.26. The fourth-order valence-corrected chi connectivity index (χ4v) is 1.46. The van der Waals surface area contributed by atoms with Crippen LogP contribution in [0.5, 0.6) is 0 Å². The van der Waals surface area contributed by atoms with Gasteiger partial charge in [0.05, 0.1) is 15.9 Å². The Morgan fingerprint density at radius 3 is 2.45 bits per heavy atom. The van der Waals surface area contributed by atoms with Crippen LogP contribution in [0.25, 0.3) is 0 Å². The van der Waals surface area contributed by atoms with Crippen molar-refractivity contribution in [3.05, 3.63) is 21.7 Å². The molecule has 0 N–H and O–H groups in total. The lowest BCUT2D eigenvalue weighted by molar-refractivity contribution is 0.912. The number of rotatable bonds is 1. The molecule has 0 fully saturated rings. The molecule has 3 heteroatoms. The summed E-state index contributed by atoms with van der Waals surface area (Å²) in [6.45, 7) is 5.99. The Morgan fingerprint density at radius 2 is 1.91 bits per heavy atom. The lowest BCUT2D eigenvalue weighted by atomic mass is 10.3. The normalized spacial score (nSPS) is 10.2. The number of hydrogen-bond donors (Lipinski definition) is 0. The number of hydrogen-bond acceptors (Lipinski definition) is 2. The van der Waals surface area contributed by atoms with Crippen molar-refractivity contribution in [2.75, 3.05) is 0 Å². The van der Waals surface area contributed by atoms with Crippen LogP contribution in [0.3, 0.4) is 0 Å². The van der Waals surface area contributed by atoms with Gasteiger partial charge in [0, 0.05) is 0 Å². The predicted molar refractivity (Wildman–Crippen MR) is 48.6 cm³/mol. The molecule has 1 aromatic rings. The summed E-state index contributed by atoms with van der Waals surface area (Å²) >= 11 is 3.45. The molecule has 0 spiro atoms. The Kier molecular flexibility index (Phi) is 2.60. The van der Waals surface area contributed by atoms with Crippen molar-refractivity contribution in [3.63, 3.8) is 0 Å². The van der Waals surface area contributed by atoms with Gasteiger partial charge in [-0.25, -0.2) is 9.97 Å². The van der Waals surface area contributed by atoms with Crippen molar-refractivity contribution < 1.29 is 0 Å². The molecule has 0 bridgehead atoms. The molecule has 2 nitrogen and oxygen atoms in total. The largest absolute Gasteiger partial charge is 0.237 e. The third kappa shape index (κ3) is 1.77. The molecule has 0 aromatic carbocycles. The van der Waals surface area contributed by atoms with Crippen LogP contribution >= 0.6 is 15.9 Å². The summed E-state index contributed by atoms with van der Waals surface area (Å²) in [5.74, 6) is 0.850. The lowest BCUT2D eigenvalue weighted by Crippen LogP contribution is -1.98. The van der Waals surface area contributed by atoms with Gasteiger partial charge in [0.1, 0.15) is 5.82 Å². The van der Waals surface area contributed by atoms with Crippen LogP contribution in [-0.4, -0.2) is 9.97 Å². The van der Waals surface area contributed by atoms with E-state index >= 15 is 0 Å². The van der Waals surface area contributed by atoms with Crippen LogP contribution in [-0.2, 0) is 6.42 Å². The molecule has 0 unspecified atom stereocenters. The van der Waals surface area contributed by atoms with Gasteiger partial charge in [-0.2, -0.15) is 0 Å². The molecule has 0 saturated carbocycles. The zero-order valence-corrected chi connectivity index (χ0v) is 8.57. The van der Waals surface area contributed by atoms with Crippen LogP contribution in [0, 0.1) is 13.8 Å². The van der Waals surface area contributed by atoms with E-state index in [1.807, 2.05) is 13.8 Å². The van der Waals surface area contributed by atoms with Gasteiger partial charge >= 0.3 is 0 Å². The van der Waals surface area contributed by atoms with E-state index in [1.165, 1.54) is 0 Å². The van der Waals surface area contributed by atoms with Crippen LogP contribution < -0.4 is 0 Å². The molecular formula is C8H11BrN2. The van der Waals surface area contributed by atoms with Gasteiger partial charge in [-0.15, -0.1) is 0 Å². The van der Waals surface area contributed by atoms with E-state index in [2.05, 4.69) is 32.8 Å². The van der Waals surface area contributed by atoms with E-state index in [4.69, 9.17) is 0 Å². The minimum Gasteiger partial charge on any atom is -0.237 e. The second kappa shape index (κ2) is 3.30. The first kappa shape index (κ1) is 8.65. The summed E-state index contributed by atoms with van der Waals surface area (Å²) in [7, 11) is 0.